The molecule has 1 atom stereocenters. The molecule has 2 heterocycles. The minimum absolute atomic E-state index is 0.0811. The number of nitrogens with zero attached hydrogens (tertiary/aromatic N) is 3. The van der Waals surface area contributed by atoms with Gasteiger partial charge in [-0.1, -0.05) is 29.8 Å². The topological polar surface area (TPSA) is 52.6 Å². The number of halogens is 1. The predicted octanol–water partition coefficient (Wildman–Crippen LogP) is 4.26. The maximum atomic E-state index is 6.31. The molecule has 7 heteroatoms. The van der Waals surface area contributed by atoms with E-state index >= 15 is 0 Å². The Morgan fingerprint density at radius 1 is 1.33 bits per heavy atom. The van der Waals surface area contributed by atoms with Crippen LogP contribution in [0.1, 0.15) is 44.0 Å². The Kier molecular flexibility index (Phi) is 7.35. The van der Waals surface area contributed by atoms with Gasteiger partial charge < -0.3 is 15.5 Å². The first-order chi connectivity index (χ1) is 13.2. The molecule has 1 unspecified atom stereocenters. The number of rotatable bonds is 7. The van der Waals surface area contributed by atoms with Crippen LogP contribution in [0.4, 0.5) is 5.13 Å². The van der Waals surface area contributed by atoms with Crippen LogP contribution in [0.5, 0.6) is 0 Å². The van der Waals surface area contributed by atoms with E-state index in [1.165, 1.54) is 12.8 Å². The van der Waals surface area contributed by atoms with Crippen molar-refractivity contribution in [3.8, 4) is 0 Å². The predicted molar refractivity (Wildman–Crippen MR) is 116 cm³/mol. The number of hydrogen-bond donors (Lipinski definition) is 2. The van der Waals surface area contributed by atoms with Gasteiger partial charge in [0.15, 0.2) is 11.1 Å². The number of hydrogen-bond acceptors (Lipinski definition) is 4. The van der Waals surface area contributed by atoms with Gasteiger partial charge in [-0.2, -0.15) is 0 Å². The van der Waals surface area contributed by atoms with Gasteiger partial charge in [-0.3, -0.25) is 4.99 Å². The first-order valence-electron chi connectivity index (χ1n) is 9.66. The van der Waals surface area contributed by atoms with Crippen molar-refractivity contribution >= 4 is 34.0 Å². The molecule has 1 aromatic carbocycles. The van der Waals surface area contributed by atoms with Crippen molar-refractivity contribution in [2.24, 2.45) is 4.99 Å². The normalized spacial score (nSPS) is 15.8. The summed E-state index contributed by atoms with van der Waals surface area (Å²) in [7, 11) is 0. The van der Waals surface area contributed by atoms with Gasteiger partial charge >= 0.3 is 0 Å². The molecule has 1 aromatic heterocycles. The van der Waals surface area contributed by atoms with Crippen LogP contribution in [-0.4, -0.2) is 37.1 Å². The Balaban J connectivity index is 1.56. The lowest BCUT2D eigenvalue weighted by molar-refractivity contribution is 0.686. The number of aromatic nitrogens is 1. The fourth-order valence-electron chi connectivity index (χ4n) is 3.18. The van der Waals surface area contributed by atoms with Crippen molar-refractivity contribution in [3.05, 3.63) is 45.9 Å². The number of guanidine groups is 1. The molecule has 1 aliphatic rings. The third-order valence-electron chi connectivity index (χ3n) is 4.62. The Morgan fingerprint density at radius 2 is 2.11 bits per heavy atom. The van der Waals surface area contributed by atoms with Crippen LogP contribution in [0.25, 0.3) is 0 Å². The van der Waals surface area contributed by atoms with Crippen LogP contribution in [0.3, 0.4) is 0 Å². The zero-order chi connectivity index (χ0) is 19.1. The van der Waals surface area contributed by atoms with Crippen molar-refractivity contribution in [1.29, 1.82) is 0 Å². The molecular weight excluding hydrogens is 378 g/mol. The summed E-state index contributed by atoms with van der Waals surface area (Å²) < 4.78 is 0. The fraction of sp³-hybridized carbons (Fsp3) is 0.500. The molecular formula is C20H28ClN5S. The number of anilines is 1. The maximum absolute atomic E-state index is 6.31. The summed E-state index contributed by atoms with van der Waals surface area (Å²) in [6, 6.07) is 7.99. The summed E-state index contributed by atoms with van der Waals surface area (Å²) >= 11 is 8.05. The van der Waals surface area contributed by atoms with Gasteiger partial charge in [0.2, 0.25) is 0 Å². The third kappa shape index (κ3) is 5.59. The van der Waals surface area contributed by atoms with E-state index in [9.17, 15) is 0 Å². The quantitative estimate of drug-likeness (QED) is 0.534. The van der Waals surface area contributed by atoms with Crippen LogP contribution in [0.15, 0.2) is 34.6 Å². The maximum Gasteiger partial charge on any atom is 0.191 e. The highest BCUT2D eigenvalue weighted by Gasteiger charge is 2.15. The number of aliphatic imine (C=N–C) groups is 1. The monoisotopic (exact) mass is 405 g/mol. The standard InChI is InChI=1S/C20H28ClN5S/c1-3-22-19(24-15(2)17-8-4-5-9-18(17)21)23-11-10-16-14-27-20(25-16)26-12-6-7-13-26/h4-5,8-9,14-15H,3,6-7,10-13H2,1-2H3,(H2,22,23,24). The molecule has 0 radical (unpaired) electrons. The van der Waals surface area contributed by atoms with Crippen LogP contribution in [0.2, 0.25) is 5.02 Å². The zero-order valence-electron chi connectivity index (χ0n) is 16.0. The smallest absolute Gasteiger partial charge is 0.191 e. The molecule has 0 aliphatic carbocycles. The molecule has 1 saturated heterocycles. The van der Waals surface area contributed by atoms with E-state index in [-0.39, 0.29) is 6.04 Å². The fourth-order valence-corrected chi connectivity index (χ4v) is 4.39. The Morgan fingerprint density at radius 3 is 2.85 bits per heavy atom. The van der Waals surface area contributed by atoms with Crippen molar-refractivity contribution in [2.45, 2.75) is 39.2 Å². The lowest BCUT2D eigenvalue weighted by Crippen LogP contribution is -2.39. The van der Waals surface area contributed by atoms with Crippen LogP contribution in [-0.2, 0) is 6.42 Å². The largest absolute Gasteiger partial charge is 0.357 e. The van der Waals surface area contributed by atoms with Crippen LogP contribution in [0, 0.1) is 0 Å². The van der Waals surface area contributed by atoms with Gasteiger partial charge in [-0.15, -0.1) is 11.3 Å². The Bertz CT molecular complexity index is 754. The van der Waals surface area contributed by atoms with Gasteiger partial charge in [-0.05, 0) is 38.3 Å². The third-order valence-corrected chi connectivity index (χ3v) is 5.92. The van der Waals surface area contributed by atoms with Gasteiger partial charge in [0.1, 0.15) is 0 Å². The van der Waals surface area contributed by atoms with Gasteiger partial charge in [-0.25, -0.2) is 4.98 Å². The highest BCUT2D eigenvalue weighted by atomic mass is 35.5. The van der Waals surface area contributed by atoms with Crippen molar-refractivity contribution in [2.75, 3.05) is 31.1 Å². The molecule has 3 rings (SSSR count). The molecule has 2 N–H and O–H groups in total. The Hall–Kier alpha value is -1.79. The molecule has 5 nitrogen and oxygen atoms in total. The summed E-state index contributed by atoms with van der Waals surface area (Å²) in [5, 5.41) is 10.8. The highest BCUT2D eigenvalue weighted by molar-refractivity contribution is 7.13. The molecule has 1 aliphatic heterocycles. The second kappa shape index (κ2) is 9.95. The van der Waals surface area contributed by atoms with Gasteiger partial charge in [0.05, 0.1) is 11.7 Å². The van der Waals surface area contributed by atoms with E-state index in [1.54, 1.807) is 11.3 Å². The number of nitrogens with one attached hydrogen (secondary N) is 2. The molecule has 1 fully saturated rings. The molecule has 146 valence electrons. The molecule has 0 spiro atoms. The summed E-state index contributed by atoms with van der Waals surface area (Å²) in [6.45, 7) is 7.96. The van der Waals surface area contributed by atoms with Crippen molar-refractivity contribution in [1.82, 2.24) is 15.6 Å². The first kappa shape index (κ1) is 20.0. The minimum Gasteiger partial charge on any atom is -0.357 e. The highest BCUT2D eigenvalue weighted by Crippen LogP contribution is 2.24. The second-order valence-corrected chi connectivity index (χ2v) is 7.96. The van der Waals surface area contributed by atoms with E-state index in [1.807, 2.05) is 24.3 Å². The van der Waals surface area contributed by atoms with Crippen molar-refractivity contribution in [3.63, 3.8) is 0 Å². The summed E-state index contributed by atoms with van der Waals surface area (Å²) in [5.74, 6) is 0.805. The number of benzene rings is 1. The number of thiazole rings is 1. The van der Waals surface area contributed by atoms with Crippen molar-refractivity contribution < 1.29 is 0 Å². The SMILES string of the molecule is CCNC(=NCCc1csc(N2CCCC2)n1)NC(C)c1ccccc1Cl. The second-order valence-electron chi connectivity index (χ2n) is 6.71. The lowest BCUT2D eigenvalue weighted by atomic mass is 10.1. The summed E-state index contributed by atoms with van der Waals surface area (Å²) in [4.78, 5) is 11.9. The summed E-state index contributed by atoms with van der Waals surface area (Å²) in [6.07, 6.45) is 3.41. The molecule has 0 saturated carbocycles. The summed E-state index contributed by atoms with van der Waals surface area (Å²) in [5.41, 5.74) is 2.19. The van der Waals surface area contributed by atoms with E-state index in [0.29, 0.717) is 6.54 Å². The van der Waals surface area contributed by atoms with Crippen LogP contribution < -0.4 is 15.5 Å². The average molecular weight is 406 g/mol. The van der Waals surface area contributed by atoms with E-state index in [0.717, 1.165) is 53.4 Å². The zero-order valence-corrected chi connectivity index (χ0v) is 17.6. The van der Waals surface area contributed by atoms with Crippen LogP contribution >= 0.6 is 22.9 Å². The average Bonchev–Trinajstić information content (AvgIpc) is 3.34. The minimum atomic E-state index is 0.0811. The van der Waals surface area contributed by atoms with E-state index < -0.39 is 0 Å². The lowest BCUT2D eigenvalue weighted by Gasteiger charge is -2.19. The first-order valence-corrected chi connectivity index (χ1v) is 10.9. The molecule has 27 heavy (non-hydrogen) atoms. The molecule has 2 aromatic rings. The Labute approximate surface area is 170 Å². The van der Waals surface area contributed by atoms with Gasteiger partial charge in [0.25, 0.3) is 0 Å². The molecule has 0 amide bonds. The van der Waals surface area contributed by atoms with E-state index in [2.05, 4.69) is 34.8 Å². The molecule has 0 bridgehead atoms. The van der Waals surface area contributed by atoms with E-state index in [4.69, 9.17) is 21.6 Å². The van der Waals surface area contributed by atoms with Gasteiger partial charge in [0, 0.05) is 43.0 Å².